The molecule has 34 heavy (non-hydrogen) atoms. The summed E-state index contributed by atoms with van der Waals surface area (Å²) in [6, 6.07) is 2.60. The number of alkyl halides is 2. The molecule has 3 rings (SSSR count). The lowest BCUT2D eigenvalue weighted by atomic mass is 10.1. The van der Waals surface area contributed by atoms with Crippen LogP contribution in [-0.4, -0.2) is 60.0 Å². The number of rotatable bonds is 9. The summed E-state index contributed by atoms with van der Waals surface area (Å²) in [6.45, 7) is 0.126. The number of nitrogen functional groups attached to an aromatic ring is 1. The fraction of sp³-hybridized carbons (Fsp3) is 0.211. The molecule has 0 bridgehead atoms. The number of halogens is 2. The molecule has 0 saturated heterocycles. The number of aliphatic carboxylic acids is 2. The van der Waals surface area contributed by atoms with Gasteiger partial charge in [-0.2, -0.15) is 4.98 Å². The third-order valence-electron chi connectivity index (χ3n) is 4.44. The highest BCUT2D eigenvalue weighted by atomic mass is 19.3. The van der Waals surface area contributed by atoms with Gasteiger partial charge in [0.2, 0.25) is 5.95 Å². The first kappa shape index (κ1) is 24.0. The third-order valence-corrected chi connectivity index (χ3v) is 4.44. The normalized spacial score (nSPS) is 12.2. The fourth-order valence-electron chi connectivity index (χ4n) is 2.85. The van der Waals surface area contributed by atoms with Crippen molar-refractivity contribution in [3.63, 3.8) is 0 Å². The largest absolute Gasteiger partial charge is 0.481 e. The van der Waals surface area contributed by atoms with Crippen molar-refractivity contribution in [1.29, 1.82) is 0 Å². The first-order valence-electron chi connectivity index (χ1n) is 9.45. The van der Waals surface area contributed by atoms with E-state index in [-0.39, 0.29) is 29.2 Å². The molecule has 0 spiro atoms. The number of hydrogen-bond acceptors (Lipinski definition) is 9. The summed E-state index contributed by atoms with van der Waals surface area (Å²) in [6.07, 6.45) is -0.382. The van der Waals surface area contributed by atoms with Crippen molar-refractivity contribution in [3.8, 4) is 0 Å². The molecule has 0 aliphatic heterocycles. The minimum absolute atomic E-state index is 0.00629. The monoisotopic (exact) mass is 477 g/mol. The van der Waals surface area contributed by atoms with Crippen LogP contribution in [0.4, 0.5) is 20.4 Å². The second kappa shape index (κ2) is 9.43. The molecule has 2 aromatic heterocycles. The van der Waals surface area contributed by atoms with E-state index in [0.29, 0.717) is 11.4 Å². The minimum Gasteiger partial charge on any atom is -0.481 e. The lowest BCUT2D eigenvalue weighted by molar-refractivity contribution is -0.157. The van der Waals surface area contributed by atoms with Gasteiger partial charge in [0, 0.05) is 11.3 Å². The van der Waals surface area contributed by atoms with E-state index in [1.807, 2.05) is 0 Å². The number of amides is 1. The summed E-state index contributed by atoms with van der Waals surface area (Å²) < 4.78 is 27.8. The average molecular weight is 477 g/mol. The SMILES string of the molecule is Nc1nc2ncc(CNc3ccc(C(=O)N[C@H](C(=O)O)C(F)(F)CC(=O)O)cc3)nc2c(=O)[nH]1. The Hall–Kier alpha value is -4.69. The number of nitrogens with one attached hydrogen (secondary N) is 3. The molecule has 0 radical (unpaired) electrons. The summed E-state index contributed by atoms with van der Waals surface area (Å²) in [7, 11) is 0. The lowest BCUT2D eigenvalue weighted by Crippen LogP contribution is -2.53. The highest BCUT2D eigenvalue weighted by Gasteiger charge is 2.47. The van der Waals surface area contributed by atoms with Crippen LogP contribution in [-0.2, 0) is 16.1 Å². The lowest BCUT2D eigenvalue weighted by Gasteiger charge is -2.23. The van der Waals surface area contributed by atoms with Crippen LogP contribution in [0.3, 0.4) is 0 Å². The molecular formula is C19H17F2N7O6. The number of aromatic amines is 1. The molecule has 3 aromatic rings. The Labute approximate surface area is 188 Å². The van der Waals surface area contributed by atoms with E-state index in [4.69, 9.17) is 15.9 Å². The highest BCUT2D eigenvalue weighted by Crippen LogP contribution is 2.24. The molecule has 178 valence electrons. The van der Waals surface area contributed by atoms with Gasteiger partial charge in [-0.3, -0.25) is 19.4 Å². The maximum absolute atomic E-state index is 13.9. The van der Waals surface area contributed by atoms with Crippen LogP contribution in [0.1, 0.15) is 22.5 Å². The Bertz CT molecular complexity index is 1310. The first-order valence-corrected chi connectivity index (χ1v) is 9.45. The Morgan fingerprint density at radius 1 is 1.15 bits per heavy atom. The molecule has 1 aromatic carbocycles. The van der Waals surface area contributed by atoms with Gasteiger partial charge >= 0.3 is 11.9 Å². The molecule has 0 saturated carbocycles. The quantitative estimate of drug-likeness (QED) is 0.245. The van der Waals surface area contributed by atoms with E-state index in [0.717, 1.165) is 0 Å². The van der Waals surface area contributed by atoms with Crippen molar-refractivity contribution in [1.82, 2.24) is 25.3 Å². The van der Waals surface area contributed by atoms with Gasteiger partial charge in [0.1, 0.15) is 6.42 Å². The molecular weight excluding hydrogens is 460 g/mol. The molecule has 0 unspecified atom stereocenters. The topological polar surface area (TPSA) is 213 Å². The highest BCUT2D eigenvalue weighted by molar-refractivity contribution is 5.97. The Morgan fingerprint density at radius 2 is 1.82 bits per heavy atom. The summed E-state index contributed by atoms with van der Waals surface area (Å²) in [5.41, 5.74) is 5.69. The van der Waals surface area contributed by atoms with Crippen molar-refractivity contribution in [3.05, 3.63) is 52.1 Å². The van der Waals surface area contributed by atoms with E-state index in [9.17, 15) is 28.0 Å². The zero-order chi connectivity index (χ0) is 25.0. The van der Waals surface area contributed by atoms with Crippen LogP contribution < -0.4 is 21.9 Å². The van der Waals surface area contributed by atoms with Gasteiger partial charge in [-0.1, -0.05) is 0 Å². The number of fused-ring (bicyclic) bond motifs is 1. The predicted octanol–water partition coefficient (Wildman–Crippen LogP) is 0.200. The standard InChI is InChI=1S/C19H17F2N7O6/c20-19(21,5-11(29)30)13(17(33)34)26-15(31)8-1-3-9(4-2-8)23-6-10-7-24-14-12(25-10)16(32)28-18(22)27-14/h1-4,7,13,23H,5-6H2,(H,26,31)(H,29,30)(H,33,34)(H3,22,24,27,28,32)/t13-/m1/s1. The number of aromatic nitrogens is 4. The summed E-state index contributed by atoms with van der Waals surface area (Å²) in [5, 5.41) is 22.1. The predicted molar refractivity (Wildman–Crippen MR) is 112 cm³/mol. The van der Waals surface area contributed by atoms with Gasteiger partial charge in [-0.05, 0) is 24.3 Å². The van der Waals surface area contributed by atoms with Crippen LogP contribution in [0.2, 0.25) is 0 Å². The number of benzene rings is 1. The van der Waals surface area contributed by atoms with Crippen molar-refractivity contribution >= 4 is 40.6 Å². The smallest absolute Gasteiger partial charge is 0.332 e. The van der Waals surface area contributed by atoms with E-state index in [1.54, 1.807) is 5.32 Å². The Balaban J connectivity index is 1.67. The van der Waals surface area contributed by atoms with Crippen molar-refractivity contribution < 1.29 is 33.4 Å². The van der Waals surface area contributed by atoms with Crippen LogP contribution in [0.5, 0.6) is 0 Å². The Kier molecular flexibility index (Phi) is 6.65. The number of H-pyrrole nitrogens is 1. The third kappa shape index (κ3) is 5.56. The molecule has 1 atom stereocenters. The van der Waals surface area contributed by atoms with Gasteiger partial charge in [-0.15, -0.1) is 0 Å². The molecule has 13 nitrogen and oxygen atoms in total. The number of anilines is 2. The number of nitrogens with zero attached hydrogens (tertiary/aromatic N) is 3. The minimum atomic E-state index is -4.21. The Morgan fingerprint density at radius 3 is 2.44 bits per heavy atom. The number of nitrogens with two attached hydrogens (primary N) is 1. The van der Waals surface area contributed by atoms with E-state index in [1.165, 1.54) is 30.5 Å². The number of carbonyl (C=O) groups is 3. The van der Waals surface area contributed by atoms with Gasteiger partial charge in [-0.25, -0.2) is 23.5 Å². The molecule has 2 heterocycles. The van der Waals surface area contributed by atoms with Gasteiger partial charge in [0.25, 0.3) is 17.4 Å². The molecule has 0 aliphatic carbocycles. The van der Waals surface area contributed by atoms with Crippen LogP contribution >= 0.6 is 0 Å². The van der Waals surface area contributed by atoms with Gasteiger partial charge < -0.3 is 26.6 Å². The van der Waals surface area contributed by atoms with Crippen LogP contribution in [0.15, 0.2) is 35.3 Å². The van der Waals surface area contributed by atoms with E-state index < -0.39 is 41.8 Å². The molecule has 1 amide bonds. The van der Waals surface area contributed by atoms with Crippen molar-refractivity contribution in [2.45, 2.75) is 24.9 Å². The van der Waals surface area contributed by atoms with E-state index >= 15 is 0 Å². The summed E-state index contributed by atoms with van der Waals surface area (Å²) >= 11 is 0. The maximum Gasteiger partial charge on any atom is 0.332 e. The second-order valence-electron chi connectivity index (χ2n) is 6.99. The average Bonchev–Trinajstić information content (AvgIpc) is 2.75. The van der Waals surface area contributed by atoms with Gasteiger partial charge in [0.05, 0.1) is 18.4 Å². The second-order valence-corrected chi connectivity index (χ2v) is 6.99. The van der Waals surface area contributed by atoms with Crippen LogP contribution in [0.25, 0.3) is 11.2 Å². The summed E-state index contributed by atoms with van der Waals surface area (Å²) in [5.74, 6) is -9.43. The van der Waals surface area contributed by atoms with Crippen molar-refractivity contribution in [2.24, 2.45) is 0 Å². The zero-order valence-corrected chi connectivity index (χ0v) is 17.1. The number of carboxylic acids is 2. The maximum atomic E-state index is 13.9. The zero-order valence-electron chi connectivity index (χ0n) is 17.1. The van der Waals surface area contributed by atoms with Crippen LogP contribution in [0, 0.1) is 0 Å². The number of carbonyl (C=O) groups excluding carboxylic acids is 1. The molecule has 15 heteroatoms. The van der Waals surface area contributed by atoms with Gasteiger partial charge in [0.15, 0.2) is 17.2 Å². The van der Waals surface area contributed by atoms with Crippen molar-refractivity contribution in [2.75, 3.05) is 11.1 Å². The molecule has 0 fully saturated rings. The first-order chi connectivity index (χ1) is 16.0. The summed E-state index contributed by atoms with van der Waals surface area (Å²) in [4.78, 5) is 60.2. The fourth-order valence-corrected chi connectivity index (χ4v) is 2.85. The number of carboxylic acid groups (broad SMARTS) is 2. The molecule has 7 N–H and O–H groups in total. The van der Waals surface area contributed by atoms with E-state index in [2.05, 4.69) is 25.3 Å². The molecule has 0 aliphatic rings. The number of hydrogen-bond donors (Lipinski definition) is 6.